The average Bonchev–Trinajstić information content (AvgIpc) is 2.32. The van der Waals surface area contributed by atoms with Crippen molar-refractivity contribution in [1.29, 1.82) is 0 Å². The fourth-order valence-electron chi connectivity index (χ4n) is 1.34. The van der Waals surface area contributed by atoms with E-state index in [-0.39, 0.29) is 10.7 Å². The van der Waals surface area contributed by atoms with Crippen molar-refractivity contribution in [2.24, 2.45) is 0 Å². The topological polar surface area (TPSA) is 42.0 Å². The Hall–Kier alpha value is -1.46. The summed E-state index contributed by atoms with van der Waals surface area (Å²) in [5.41, 5.74) is 0.282. The lowest BCUT2D eigenvalue weighted by Gasteiger charge is -2.07. The molecule has 0 atom stereocenters. The van der Waals surface area contributed by atoms with Gasteiger partial charge in [0.15, 0.2) is 5.15 Å². The number of rotatable bonds is 2. The van der Waals surface area contributed by atoms with Gasteiger partial charge in [-0.05, 0) is 30.3 Å². The van der Waals surface area contributed by atoms with Crippen LogP contribution in [0.3, 0.4) is 0 Å². The molecule has 0 aliphatic heterocycles. The molecule has 18 heavy (non-hydrogen) atoms. The smallest absolute Gasteiger partial charge is 0.258 e. The minimum Gasteiger partial charge on any atom is -0.319 e. The highest BCUT2D eigenvalue weighted by Crippen LogP contribution is 2.20. The third kappa shape index (κ3) is 2.86. The second kappa shape index (κ2) is 5.46. The Morgan fingerprint density at radius 1 is 1.39 bits per heavy atom. The van der Waals surface area contributed by atoms with Crippen molar-refractivity contribution in [2.45, 2.75) is 0 Å². The molecule has 1 aromatic carbocycles. The number of carbonyl (C=O) groups is 1. The molecule has 3 nitrogen and oxygen atoms in total. The van der Waals surface area contributed by atoms with Crippen LogP contribution in [-0.4, -0.2) is 10.9 Å². The fraction of sp³-hybridized carbons (Fsp3) is 0. The molecule has 0 saturated heterocycles. The first kappa shape index (κ1) is 13.0. The zero-order chi connectivity index (χ0) is 13.1. The maximum Gasteiger partial charge on any atom is 0.258 e. The van der Waals surface area contributed by atoms with Gasteiger partial charge in [0.25, 0.3) is 5.91 Å². The van der Waals surface area contributed by atoms with Crippen LogP contribution in [-0.2, 0) is 0 Å². The van der Waals surface area contributed by atoms with Crippen molar-refractivity contribution in [1.82, 2.24) is 4.98 Å². The minimum atomic E-state index is -0.609. The van der Waals surface area contributed by atoms with Gasteiger partial charge < -0.3 is 5.32 Å². The second-order valence-corrected chi connectivity index (χ2v) is 4.69. The number of benzene rings is 1. The van der Waals surface area contributed by atoms with Crippen molar-refractivity contribution >= 4 is 39.1 Å². The quantitative estimate of drug-likeness (QED) is 0.849. The fourth-order valence-corrected chi connectivity index (χ4v) is 1.84. The number of pyridine rings is 1. The Kier molecular flexibility index (Phi) is 3.93. The number of aromatic nitrogens is 1. The largest absolute Gasteiger partial charge is 0.319 e. The van der Waals surface area contributed by atoms with Gasteiger partial charge in [-0.15, -0.1) is 0 Å². The Balaban J connectivity index is 2.25. The van der Waals surface area contributed by atoms with Crippen molar-refractivity contribution < 1.29 is 9.18 Å². The molecule has 1 aromatic heterocycles. The van der Waals surface area contributed by atoms with Crippen LogP contribution in [0.1, 0.15) is 10.4 Å². The van der Waals surface area contributed by atoms with Gasteiger partial charge in [-0.3, -0.25) is 4.79 Å². The van der Waals surface area contributed by atoms with Crippen LogP contribution in [0.4, 0.5) is 10.1 Å². The molecule has 0 radical (unpaired) electrons. The van der Waals surface area contributed by atoms with Gasteiger partial charge in [-0.25, -0.2) is 9.37 Å². The average molecular weight is 330 g/mol. The Bertz CT molecular complexity index is 606. The maximum atomic E-state index is 13.6. The van der Waals surface area contributed by atoms with E-state index in [0.29, 0.717) is 10.2 Å². The van der Waals surface area contributed by atoms with E-state index in [1.54, 1.807) is 18.2 Å². The third-order valence-electron chi connectivity index (χ3n) is 2.18. The molecule has 0 spiro atoms. The molecule has 0 saturated carbocycles. The zero-order valence-electron chi connectivity index (χ0n) is 8.95. The van der Waals surface area contributed by atoms with Crippen molar-refractivity contribution in [3.05, 3.63) is 57.5 Å². The monoisotopic (exact) mass is 328 g/mol. The first-order valence-electron chi connectivity index (χ1n) is 4.95. The van der Waals surface area contributed by atoms with Gasteiger partial charge in [-0.1, -0.05) is 27.5 Å². The Labute approximate surface area is 116 Å². The molecule has 0 fully saturated rings. The lowest BCUT2D eigenvalue weighted by Crippen LogP contribution is -2.14. The van der Waals surface area contributed by atoms with Crippen LogP contribution in [0, 0.1) is 5.82 Å². The number of halogens is 3. The van der Waals surface area contributed by atoms with E-state index in [0.717, 1.165) is 0 Å². The number of amides is 1. The normalized spacial score (nSPS) is 10.2. The molecule has 1 N–H and O–H groups in total. The molecular weight excluding hydrogens is 322 g/mol. The molecule has 1 amide bonds. The summed E-state index contributed by atoms with van der Waals surface area (Å²) < 4.78 is 14.1. The molecule has 92 valence electrons. The highest BCUT2D eigenvalue weighted by molar-refractivity contribution is 9.10. The van der Waals surface area contributed by atoms with Gasteiger partial charge in [0, 0.05) is 10.7 Å². The number of hydrogen-bond acceptors (Lipinski definition) is 2. The predicted octanol–water partition coefficient (Wildman–Crippen LogP) is 3.89. The molecule has 0 bridgehead atoms. The van der Waals surface area contributed by atoms with Crippen molar-refractivity contribution in [3.63, 3.8) is 0 Å². The van der Waals surface area contributed by atoms with E-state index in [9.17, 15) is 9.18 Å². The van der Waals surface area contributed by atoms with E-state index < -0.39 is 11.7 Å². The summed E-state index contributed by atoms with van der Waals surface area (Å²) in [6.45, 7) is 0. The van der Waals surface area contributed by atoms with Gasteiger partial charge in [0.2, 0.25) is 0 Å². The minimum absolute atomic E-state index is 0.0573. The standard InChI is InChI=1S/C12H7BrClFN2O/c13-7-3-4-8(9(15)6-7)12(18)17-10-2-1-5-16-11(10)14/h1-6H,(H,17,18). The van der Waals surface area contributed by atoms with Crippen LogP contribution in [0.2, 0.25) is 5.15 Å². The van der Waals surface area contributed by atoms with Crippen LogP contribution >= 0.6 is 27.5 Å². The molecular formula is C12H7BrClFN2O. The van der Waals surface area contributed by atoms with Crippen LogP contribution < -0.4 is 5.32 Å². The van der Waals surface area contributed by atoms with E-state index in [4.69, 9.17) is 11.6 Å². The van der Waals surface area contributed by atoms with E-state index in [1.165, 1.54) is 18.3 Å². The maximum absolute atomic E-state index is 13.6. The summed E-state index contributed by atoms with van der Waals surface area (Å²) in [6, 6.07) is 7.41. The molecule has 0 unspecified atom stereocenters. The van der Waals surface area contributed by atoms with Gasteiger partial charge >= 0.3 is 0 Å². The summed E-state index contributed by atoms with van der Waals surface area (Å²) in [4.78, 5) is 15.7. The summed E-state index contributed by atoms with van der Waals surface area (Å²) in [6.07, 6.45) is 1.50. The molecule has 2 rings (SSSR count). The molecule has 0 aliphatic carbocycles. The highest BCUT2D eigenvalue weighted by Gasteiger charge is 2.13. The molecule has 2 aromatic rings. The number of nitrogens with zero attached hydrogens (tertiary/aromatic N) is 1. The predicted molar refractivity (Wildman–Crippen MR) is 71.3 cm³/mol. The first-order chi connectivity index (χ1) is 8.58. The van der Waals surface area contributed by atoms with Crippen molar-refractivity contribution in [3.8, 4) is 0 Å². The van der Waals surface area contributed by atoms with Gasteiger partial charge in [-0.2, -0.15) is 0 Å². The highest BCUT2D eigenvalue weighted by atomic mass is 79.9. The second-order valence-electron chi connectivity index (χ2n) is 3.42. The first-order valence-corrected chi connectivity index (χ1v) is 6.12. The Morgan fingerprint density at radius 3 is 2.83 bits per heavy atom. The van der Waals surface area contributed by atoms with E-state index in [2.05, 4.69) is 26.2 Å². The number of nitrogens with one attached hydrogen (secondary N) is 1. The van der Waals surface area contributed by atoms with E-state index in [1.807, 2.05) is 0 Å². The van der Waals surface area contributed by atoms with Crippen LogP contribution in [0.5, 0.6) is 0 Å². The zero-order valence-corrected chi connectivity index (χ0v) is 11.3. The summed E-state index contributed by atoms with van der Waals surface area (Å²) in [5.74, 6) is -1.18. The Morgan fingerprint density at radius 2 is 2.17 bits per heavy atom. The number of anilines is 1. The lowest BCUT2D eigenvalue weighted by atomic mass is 10.2. The molecule has 6 heteroatoms. The SMILES string of the molecule is O=C(Nc1cccnc1Cl)c1ccc(Br)cc1F. The number of hydrogen-bond donors (Lipinski definition) is 1. The third-order valence-corrected chi connectivity index (χ3v) is 2.98. The summed E-state index contributed by atoms with van der Waals surface area (Å²) in [5, 5.41) is 2.65. The summed E-state index contributed by atoms with van der Waals surface area (Å²) in [7, 11) is 0. The molecule has 0 aliphatic rings. The summed E-state index contributed by atoms with van der Waals surface area (Å²) >= 11 is 8.91. The van der Waals surface area contributed by atoms with Crippen molar-refractivity contribution in [2.75, 3.05) is 5.32 Å². The van der Waals surface area contributed by atoms with Gasteiger partial charge in [0.1, 0.15) is 5.82 Å². The van der Waals surface area contributed by atoms with Gasteiger partial charge in [0.05, 0.1) is 11.3 Å². The van der Waals surface area contributed by atoms with Crippen LogP contribution in [0.15, 0.2) is 41.0 Å². The van der Waals surface area contributed by atoms with Crippen LogP contribution in [0.25, 0.3) is 0 Å². The number of carbonyl (C=O) groups excluding carboxylic acids is 1. The lowest BCUT2D eigenvalue weighted by molar-refractivity contribution is 0.102. The molecule has 1 heterocycles. The van der Waals surface area contributed by atoms with E-state index >= 15 is 0 Å².